The molecular formula is C20H24N2O5S. The molecule has 150 valence electrons. The maximum Gasteiger partial charge on any atom is 0.337 e. The maximum absolute atomic E-state index is 12.7. The fourth-order valence-corrected chi connectivity index (χ4v) is 4.42. The number of anilines is 1. The van der Waals surface area contributed by atoms with Crippen LogP contribution in [0.25, 0.3) is 0 Å². The summed E-state index contributed by atoms with van der Waals surface area (Å²) in [5.41, 5.74) is 1.10. The van der Waals surface area contributed by atoms with Gasteiger partial charge in [0.25, 0.3) is 0 Å². The highest BCUT2D eigenvalue weighted by atomic mass is 32.2. The van der Waals surface area contributed by atoms with Crippen molar-refractivity contribution >= 4 is 21.7 Å². The fourth-order valence-electron chi connectivity index (χ4n) is 3.16. The number of hydrogen-bond acceptors (Lipinski definition) is 5. The van der Waals surface area contributed by atoms with Crippen molar-refractivity contribution in [3.8, 4) is 0 Å². The lowest BCUT2D eigenvalue weighted by atomic mass is 10.1. The number of carboxylic acids is 1. The predicted octanol–water partition coefficient (Wildman–Crippen LogP) is 3.02. The maximum atomic E-state index is 12.7. The second-order valence-corrected chi connectivity index (χ2v) is 8.50. The van der Waals surface area contributed by atoms with E-state index in [0.29, 0.717) is 18.8 Å². The van der Waals surface area contributed by atoms with Crippen LogP contribution in [0.4, 0.5) is 5.69 Å². The quantitative estimate of drug-likeness (QED) is 0.625. The molecule has 28 heavy (non-hydrogen) atoms. The van der Waals surface area contributed by atoms with Crippen LogP contribution >= 0.6 is 0 Å². The molecule has 0 aromatic heterocycles. The lowest BCUT2D eigenvalue weighted by Gasteiger charge is -2.17. The molecule has 0 radical (unpaired) electrons. The Morgan fingerprint density at radius 3 is 2.64 bits per heavy atom. The van der Waals surface area contributed by atoms with Gasteiger partial charge in [-0.3, -0.25) is 0 Å². The van der Waals surface area contributed by atoms with Crippen LogP contribution in [0.2, 0.25) is 0 Å². The Kier molecular flexibility index (Phi) is 6.33. The summed E-state index contributed by atoms with van der Waals surface area (Å²) >= 11 is 0. The van der Waals surface area contributed by atoms with Crippen molar-refractivity contribution in [3.63, 3.8) is 0 Å². The average Bonchev–Trinajstić information content (AvgIpc) is 3.20. The van der Waals surface area contributed by atoms with E-state index in [9.17, 15) is 18.3 Å². The number of rotatable bonds is 8. The lowest BCUT2D eigenvalue weighted by molar-refractivity contribution is 0.0697. The molecule has 3 N–H and O–H groups in total. The SMILES string of the molecule is CC(NS(=O)(=O)c1ccc(NCC2CCCO2)c(C(=O)O)c1)c1ccccc1. The summed E-state index contributed by atoms with van der Waals surface area (Å²) in [5.74, 6) is -1.19. The molecule has 2 unspecified atom stereocenters. The van der Waals surface area contributed by atoms with Gasteiger partial charge in [-0.25, -0.2) is 17.9 Å². The van der Waals surface area contributed by atoms with Gasteiger partial charge in [0.2, 0.25) is 10.0 Å². The van der Waals surface area contributed by atoms with Crippen molar-refractivity contribution in [2.75, 3.05) is 18.5 Å². The van der Waals surface area contributed by atoms with Crippen LogP contribution in [0.1, 0.15) is 41.7 Å². The normalized spacial score (nSPS) is 18.0. The average molecular weight is 404 g/mol. The molecule has 3 rings (SSSR count). The minimum absolute atomic E-state index is 0.0402. The first kappa shape index (κ1) is 20.3. The van der Waals surface area contributed by atoms with Crippen LogP contribution in [0.15, 0.2) is 53.4 Å². The third kappa shape index (κ3) is 4.89. The number of carboxylic acid groups (broad SMARTS) is 1. The van der Waals surface area contributed by atoms with Crippen LogP contribution in [0.5, 0.6) is 0 Å². The molecule has 2 atom stereocenters. The first-order chi connectivity index (χ1) is 13.4. The molecule has 0 bridgehead atoms. The van der Waals surface area contributed by atoms with Crippen LogP contribution in [-0.4, -0.2) is 38.7 Å². The highest BCUT2D eigenvalue weighted by Gasteiger charge is 2.22. The van der Waals surface area contributed by atoms with E-state index >= 15 is 0 Å². The number of ether oxygens (including phenoxy) is 1. The minimum Gasteiger partial charge on any atom is -0.478 e. The standard InChI is InChI=1S/C20H24N2O5S/c1-14(15-6-3-2-4-7-15)22-28(25,26)17-9-10-19(18(12-17)20(23)24)21-13-16-8-5-11-27-16/h2-4,6-7,9-10,12,14,16,21-22H,5,8,11,13H2,1H3,(H,23,24). The van der Waals surface area contributed by atoms with Crippen molar-refractivity contribution in [1.29, 1.82) is 0 Å². The Hall–Kier alpha value is -2.42. The van der Waals surface area contributed by atoms with E-state index < -0.39 is 22.0 Å². The van der Waals surface area contributed by atoms with Crippen molar-refractivity contribution < 1.29 is 23.1 Å². The molecule has 7 nitrogen and oxygen atoms in total. The highest BCUT2D eigenvalue weighted by molar-refractivity contribution is 7.89. The molecule has 1 saturated heterocycles. The number of hydrogen-bond donors (Lipinski definition) is 3. The van der Waals surface area contributed by atoms with Gasteiger partial charge in [-0.2, -0.15) is 0 Å². The third-order valence-corrected chi connectivity index (χ3v) is 6.25. The summed E-state index contributed by atoms with van der Waals surface area (Å²) in [6, 6.07) is 12.8. The fraction of sp³-hybridized carbons (Fsp3) is 0.350. The molecular weight excluding hydrogens is 380 g/mol. The van der Waals surface area contributed by atoms with E-state index in [0.717, 1.165) is 18.4 Å². The Labute approximate surface area is 164 Å². The zero-order chi connectivity index (χ0) is 20.1. The van der Waals surface area contributed by atoms with Gasteiger partial charge < -0.3 is 15.2 Å². The molecule has 0 amide bonds. The Morgan fingerprint density at radius 1 is 1.25 bits per heavy atom. The van der Waals surface area contributed by atoms with Gasteiger partial charge >= 0.3 is 5.97 Å². The first-order valence-corrected chi connectivity index (χ1v) is 10.7. The number of sulfonamides is 1. The monoisotopic (exact) mass is 404 g/mol. The molecule has 2 aromatic carbocycles. The van der Waals surface area contributed by atoms with Crippen LogP contribution in [-0.2, 0) is 14.8 Å². The van der Waals surface area contributed by atoms with Gasteiger partial charge in [0.1, 0.15) is 0 Å². The first-order valence-electron chi connectivity index (χ1n) is 9.17. The van der Waals surface area contributed by atoms with Gasteiger partial charge in [-0.05, 0) is 43.5 Å². The Balaban J connectivity index is 1.78. The summed E-state index contributed by atoms with van der Waals surface area (Å²) in [5, 5.41) is 12.6. The van der Waals surface area contributed by atoms with Crippen LogP contribution in [0, 0.1) is 0 Å². The van der Waals surface area contributed by atoms with E-state index in [4.69, 9.17) is 4.74 Å². The van der Waals surface area contributed by atoms with Crippen molar-refractivity contribution in [1.82, 2.24) is 4.72 Å². The molecule has 2 aromatic rings. The number of benzene rings is 2. The number of carbonyl (C=O) groups is 1. The summed E-state index contributed by atoms with van der Waals surface area (Å²) in [7, 11) is -3.88. The van der Waals surface area contributed by atoms with E-state index in [1.807, 2.05) is 30.3 Å². The second kappa shape index (κ2) is 8.72. The van der Waals surface area contributed by atoms with E-state index in [2.05, 4.69) is 10.0 Å². The summed E-state index contributed by atoms with van der Waals surface area (Å²) in [6.45, 7) is 2.93. The summed E-state index contributed by atoms with van der Waals surface area (Å²) < 4.78 is 33.6. The van der Waals surface area contributed by atoms with Crippen LogP contribution in [0.3, 0.4) is 0 Å². The molecule has 1 heterocycles. The predicted molar refractivity (Wildman–Crippen MR) is 106 cm³/mol. The smallest absolute Gasteiger partial charge is 0.337 e. The molecule has 0 spiro atoms. The molecule has 0 saturated carbocycles. The second-order valence-electron chi connectivity index (χ2n) is 6.78. The molecule has 1 aliphatic rings. The van der Waals surface area contributed by atoms with Gasteiger partial charge in [0.15, 0.2) is 0 Å². The molecule has 8 heteroatoms. The van der Waals surface area contributed by atoms with Crippen molar-refractivity contribution in [2.45, 2.75) is 36.8 Å². The van der Waals surface area contributed by atoms with Gasteiger partial charge in [-0.15, -0.1) is 0 Å². The van der Waals surface area contributed by atoms with Gasteiger partial charge in [-0.1, -0.05) is 30.3 Å². The van der Waals surface area contributed by atoms with Crippen LogP contribution < -0.4 is 10.0 Å². The Bertz CT molecular complexity index is 925. The topological polar surface area (TPSA) is 105 Å². The van der Waals surface area contributed by atoms with Crippen molar-refractivity contribution in [3.05, 3.63) is 59.7 Å². The zero-order valence-corrected chi connectivity index (χ0v) is 16.4. The van der Waals surface area contributed by atoms with Gasteiger partial charge in [0.05, 0.1) is 16.6 Å². The number of aromatic carboxylic acids is 1. The lowest BCUT2D eigenvalue weighted by Crippen LogP contribution is -2.27. The van der Waals surface area contributed by atoms with Crippen molar-refractivity contribution in [2.24, 2.45) is 0 Å². The number of nitrogens with one attached hydrogen (secondary N) is 2. The largest absolute Gasteiger partial charge is 0.478 e. The zero-order valence-electron chi connectivity index (χ0n) is 15.6. The van der Waals surface area contributed by atoms with E-state index in [1.165, 1.54) is 18.2 Å². The molecule has 1 fully saturated rings. The minimum atomic E-state index is -3.88. The van der Waals surface area contributed by atoms with E-state index in [-0.39, 0.29) is 16.6 Å². The third-order valence-electron chi connectivity index (χ3n) is 4.71. The summed E-state index contributed by atoms with van der Waals surface area (Å²) in [4.78, 5) is 11.6. The van der Waals surface area contributed by atoms with Gasteiger partial charge in [0, 0.05) is 24.9 Å². The summed E-state index contributed by atoms with van der Waals surface area (Å²) in [6.07, 6.45) is 1.95. The highest BCUT2D eigenvalue weighted by Crippen LogP contribution is 2.23. The molecule has 1 aliphatic heterocycles. The van der Waals surface area contributed by atoms with E-state index in [1.54, 1.807) is 6.92 Å². The Morgan fingerprint density at radius 2 is 2.00 bits per heavy atom. The molecule has 0 aliphatic carbocycles.